The smallest absolute Gasteiger partial charge is 0.359 e. The topological polar surface area (TPSA) is 64.3 Å². The molecule has 124 valence electrons. The van der Waals surface area contributed by atoms with Gasteiger partial charge in [-0.25, -0.2) is 4.79 Å². The Morgan fingerprint density at radius 1 is 1.25 bits per heavy atom. The van der Waals surface area contributed by atoms with Crippen molar-refractivity contribution in [2.24, 2.45) is 0 Å². The van der Waals surface area contributed by atoms with E-state index in [0.717, 1.165) is 11.1 Å². The highest BCUT2D eigenvalue weighted by Gasteiger charge is 2.18. The summed E-state index contributed by atoms with van der Waals surface area (Å²) in [5.74, 6) is -0.516. The molecular weight excluding hydrogens is 351 g/mol. The summed E-state index contributed by atoms with van der Waals surface area (Å²) >= 11 is 12.2. The van der Waals surface area contributed by atoms with Crippen LogP contribution < -0.4 is 0 Å². The van der Waals surface area contributed by atoms with Crippen LogP contribution in [0.2, 0.25) is 10.0 Å². The number of esters is 1. The molecule has 3 rings (SSSR count). The van der Waals surface area contributed by atoms with Crippen molar-refractivity contribution in [3.8, 4) is 0 Å². The number of carbonyl (C=O) groups is 1. The molecule has 0 aliphatic heterocycles. The molecule has 24 heavy (non-hydrogen) atoms. The van der Waals surface area contributed by atoms with Gasteiger partial charge in [0.1, 0.15) is 0 Å². The van der Waals surface area contributed by atoms with Crippen molar-refractivity contribution in [3.63, 3.8) is 0 Å². The number of halogens is 2. The number of hydrogen-bond acceptors (Lipinski definition) is 4. The molecule has 0 aliphatic carbocycles. The lowest BCUT2D eigenvalue weighted by atomic mass is 10.1. The normalized spacial score (nSPS) is 11.0. The van der Waals surface area contributed by atoms with Gasteiger partial charge >= 0.3 is 5.97 Å². The zero-order chi connectivity index (χ0) is 17.3. The summed E-state index contributed by atoms with van der Waals surface area (Å²) in [6.45, 7) is 0.259. The van der Waals surface area contributed by atoms with Crippen LogP contribution >= 0.6 is 23.2 Å². The lowest BCUT2D eigenvalue weighted by molar-refractivity contribution is 0.0595. The van der Waals surface area contributed by atoms with E-state index in [2.05, 4.69) is 5.10 Å². The van der Waals surface area contributed by atoms with Crippen molar-refractivity contribution in [1.29, 1.82) is 0 Å². The number of ether oxygens (including phenoxy) is 1. The van der Waals surface area contributed by atoms with E-state index >= 15 is 0 Å². The molecule has 0 radical (unpaired) electrons. The average Bonchev–Trinajstić information content (AvgIpc) is 2.94. The lowest BCUT2D eigenvalue weighted by Gasteiger charge is -2.07. The fourth-order valence-electron chi connectivity index (χ4n) is 2.50. The molecule has 0 bridgehead atoms. The number of hydrogen-bond donors (Lipinski definition) is 1. The molecule has 0 aliphatic rings. The Balaban J connectivity index is 2.13. The largest absolute Gasteiger partial charge is 0.464 e. The molecule has 1 N–H and O–H groups in total. The first kappa shape index (κ1) is 16.8. The summed E-state index contributed by atoms with van der Waals surface area (Å²) < 4.78 is 6.46. The van der Waals surface area contributed by atoms with Crippen LogP contribution in [-0.4, -0.2) is 28.0 Å². The van der Waals surface area contributed by atoms with Crippen LogP contribution in [0.15, 0.2) is 36.4 Å². The van der Waals surface area contributed by atoms with Crippen LogP contribution in [0.4, 0.5) is 0 Å². The Morgan fingerprint density at radius 2 is 2.04 bits per heavy atom. The van der Waals surface area contributed by atoms with Crippen LogP contribution in [0.5, 0.6) is 0 Å². The summed E-state index contributed by atoms with van der Waals surface area (Å²) in [4.78, 5) is 12.0. The molecule has 0 fully saturated rings. The van der Waals surface area contributed by atoms with Crippen molar-refractivity contribution >= 4 is 40.1 Å². The van der Waals surface area contributed by atoms with Crippen molar-refractivity contribution < 1.29 is 14.6 Å². The number of benzene rings is 2. The van der Waals surface area contributed by atoms with Crippen LogP contribution in [0.25, 0.3) is 10.9 Å². The molecule has 0 atom stereocenters. The van der Waals surface area contributed by atoms with Gasteiger partial charge in [-0.3, -0.25) is 4.68 Å². The minimum Gasteiger partial charge on any atom is -0.464 e. The first-order chi connectivity index (χ1) is 11.5. The third kappa shape index (κ3) is 3.11. The van der Waals surface area contributed by atoms with Gasteiger partial charge in [0.2, 0.25) is 0 Å². The second-order valence-corrected chi connectivity index (χ2v) is 6.09. The fourth-order valence-corrected chi connectivity index (χ4v) is 2.97. The maximum Gasteiger partial charge on any atom is 0.359 e. The number of carbonyl (C=O) groups excluding carboxylic acids is 1. The molecular formula is C17H14Cl2N2O3. The molecule has 1 aromatic heterocycles. The molecule has 0 saturated carbocycles. The van der Waals surface area contributed by atoms with Crippen molar-refractivity contribution in [1.82, 2.24) is 9.78 Å². The Hall–Kier alpha value is -2.08. The van der Waals surface area contributed by atoms with E-state index in [1.165, 1.54) is 7.11 Å². The first-order valence-electron chi connectivity index (χ1n) is 7.16. The Labute approximate surface area is 148 Å². The predicted octanol–water partition coefficient (Wildman–Crippen LogP) is 3.67. The van der Waals surface area contributed by atoms with Gasteiger partial charge in [-0.1, -0.05) is 35.3 Å². The highest BCUT2D eigenvalue weighted by atomic mass is 35.5. The van der Waals surface area contributed by atoms with E-state index in [9.17, 15) is 9.90 Å². The number of aliphatic hydroxyl groups is 1. The SMILES string of the molecule is COC(=O)c1nn(Cc2ccc(Cl)cc2Cl)c2cc(CO)ccc12. The third-order valence-electron chi connectivity index (χ3n) is 3.71. The number of aliphatic hydroxyl groups excluding tert-OH is 1. The van der Waals surface area contributed by atoms with Crippen LogP contribution in [-0.2, 0) is 17.9 Å². The van der Waals surface area contributed by atoms with Crippen molar-refractivity contribution in [2.45, 2.75) is 13.2 Å². The maximum atomic E-state index is 12.0. The van der Waals surface area contributed by atoms with E-state index in [4.69, 9.17) is 27.9 Å². The second-order valence-electron chi connectivity index (χ2n) is 5.24. The van der Waals surface area contributed by atoms with Crippen molar-refractivity contribution in [2.75, 3.05) is 7.11 Å². The summed E-state index contributed by atoms with van der Waals surface area (Å²) in [5, 5.41) is 15.4. The van der Waals surface area contributed by atoms with E-state index < -0.39 is 5.97 Å². The van der Waals surface area contributed by atoms with E-state index in [1.54, 1.807) is 35.0 Å². The standard InChI is InChI=1S/C17H14Cl2N2O3/c1-24-17(23)16-13-5-2-10(9-22)6-15(13)21(20-16)8-11-3-4-12(18)7-14(11)19/h2-7,22H,8-9H2,1H3. The van der Waals surface area contributed by atoms with Crippen LogP contribution in [0, 0.1) is 0 Å². The van der Waals surface area contributed by atoms with Gasteiger partial charge < -0.3 is 9.84 Å². The van der Waals surface area contributed by atoms with Gasteiger partial charge in [0.15, 0.2) is 5.69 Å². The maximum absolute atomic E-state index is 12.0. The monoisotopic (exact) mass is 364 g/mol. The van der Waals surface area contributed by atoms with E-state index in [-0.39, 0.29) is 12.3 Å². The molecule has 3 aromatic rings. The van der Waals surface area contributed by atoms with Gasteiger partial charge in [-0.2, -0.15) is 5.10 Å². The van der Waals surface area contributed by atoms with Crippen molar-refractivity contribution in [3.05, 3.63) is 63.3 Å². The predicted molar refractivity (Wildman–Crippen MR) is 92.6 cm³/mol. The summed E-state index contributed by atoms with van der Waals surface area (Å²) in [6, 6.07) is 10.5. The molecule has 0 unspecified atom stereocenters. The molecule has 7 heteroatoms. The van der Waals surface area contributed by atoms with E-state index in [0.29, 0.717) is 27.5 Å². The van der Waals surface area contributed by atoms with Gasteiger partial charge in [-0.15, -0.1) is 0 Å². The van der Waals surface area contributed by atoms with Crippen LogP contribution in [0.1, 0.15) is 21.6 Å². The van der Waals surface area contributed by atoms with Gasteiger partial charge in [0.25, 0.3) is 0 Å². The Morgan fingerprint density at radius 3 is 2.71 bits per heavy atom. The summed E-state index contributed by atoms with van der Waals surface area (Å²) in [7, 11) is 1.31. The number of nitrogens with zero attached hydrogens (tertiary/aromatic N) is 2. The van der Waals surface area contributed by atoms with Gasteiger partial charge in [0, 0.05) is 15.4 Å². The molecule has 0 saturated heterocycles. The Bertz CT molecular complexity index is 922. The van der Waals surface area contributed by atoms with Gasteiger partial charge in [-0.05, 0) is 35.4 Å². The number of fused-ring (bicyclic) bond motifs is 1. The highest BCUT2D eigenvalue weighted by Crippen LogP contribution is 2.25. The summed E-state index contributed by atoms with van der Waals surface area (Å²) in [5.41, 5.74) is 2.48. The second kappa shape index (κ2) is 6.81. The minimum atomic E-state index is -0.516. The van der Waals surface area contributed by atoms with E-state index in [1.807, 2.05) is 6.07 Å². The number of aromatic nitrogens is 2. The zero-order valence-corrected chi connectivity index (χ0v) is 14.3. The molecule has 1 heterocycles. The summed E-state index contributed by atoms with van der Waals surface area (Å²) in [6.07, 6.45) is 0. The lowest BCUT2D eigenvalue weighted by Crippen LogP contribution is -2.06. The highest BCUT2D eigenvalue weighted by molar-refractivity contribution is 6.35. The Kier molecular flexibility index (Phi) is 4.76. The average molecular weight is 365 g/mol. The fraction of sp³-hybridized carbons (Fsp3) is 0.176. The molecule has 0 amide bonds. The molecule has 0 spiro atoms. The molecule has 5 nitrogen and oxygen atoms in total. The third-order valence-corrected chi connectivity index (χ3v) is 4.30. The number of rotatable bonds is 4. The minimum absolute atomic E-state index is 0.101. The number of methoxy groups -OCH3 is 1. The zero-order valence-electron chi connectivity index (χ0n) is 12.8. The van der Waals surface area contributed by atoms with Crippen LogP contribution in [0.3, 0.4) is 0 Å². The molecule has 2 aromatic carbocycles. The first-order valence-corrected chi connectivity index (χ1v) is 7.91. The quantitative estimate of drug-likeness (QED) is 0.717. The van der Waals surface area contributed by atoms with Gasteiger partial charge in [0.05, 0.1) is 25.8 Å².